The molecule has 0 unspecified atom stereocenters. The van der Waals surface area contributed by atoms with Crippen LogP contribution in [0.3, 0.4) is 0 Å². The Labute approximate surface area is 181 Å². The Balaban J connectivity index is 1.37. The molecule has 3 aromatic carbocycles. The van der Waals surface area contributed by atoms with Gasteiger partial charge >= 0.3 is 0 Å². The van der Waals surface area contributed by atoms with Crippen LogP contribution in [0.1, 0.15) is 17.0 Å². The van der Waals surface area contributed by atoms with E-state index in [-0.39, 0.29) is 12.5 Å². The number of hydrogen-bond donors (Lipinski definition) is 1. The SMILES string of the molecule is COc1cc(CNC(=O)Cn2c(C)nc3ccccc32)ccc1OCc1ccccc1. The number of methoxy groups -OCH3 is 1. The van der Waals surface area contributed by atoms with E-state index in [9.17, 15) is 4.79 Å². The first kappa shape index (κ1) is 20.5. The third-order valence-corrected chi connectivity index (χ3v) is 5.10. The van der Waals surface area contributed by atoms with Gasteiger partial charge < -0.3 is 19.4 Å². The average molecular weight is 415 g/mol. The Bertz CT molecular complexity index is 1190. The lowest BCUT2D eigenvalue weighted by Gasteiger charge is -2.13. The van der Waals surface area contributed by atoms with E-state index in [1.807, 2.05) is 84.3 Å². The summed E-state index contributed by atoms with van der Waals surface area (Å²) in [5, 5.41) is 2.97. The summed E-state index contributed by atoms with van der Waals surface area (Å²) in [6.07, 6.45) is 0. The van der Waals surface area contributed by atoms with Gasteiger partial charge in [-0.2, -0.15) is 0 Å². The second-order valence-electron chi connectivity index (χ2n) is 7.27. The number of amides is 1. The van der Waals surface area contributed by atoms with Crippen LogP contribution in [0.2, 0.25) is 0 Å². The number of fused-ring (bicyclic) bond motifs is 1. The van der Waals surface area contributed by atoms with Crippen LogP contribution < -0.4 is 14.8 Å². The van der Waals surface area contributed by atoms with Gasteiger partial charge in [0.2, 0.25) is 5.91 Å². The molecule has 0 spiro atoms. The van der Waals surface area contributed by atoms with E-state index < -0.39 is 0 Å². The van der Waals surface area contributed by atoms with E-state index in [1.165, 1.54) is 0 Å². The van der Waals surface area contributed by atoms with Crippen molar-refractivity contribution in [1.82, 2.24) is 14.9 Å². The van der Waals surface area contributed by atoms with Crippen LogP contribution in [-0.2, 0) is 24.5 Å². The molecule has 0 radical (unpaired) electrons. The maximum atomic E-state index is 12.5. The van der Waals surface area contributed by atoms with Crippen molar-refractivity contribution in [1.29, 1.82) is 0 Å². The molecule has 158 valence electrons. The number of aryl methyl sites for hydroxylation is 1. The molecule has 0 bridgehead atoms. The van der Waals surface area contributed by atoms with Crippen molar-refractivity contribution in [3.05, 3.63) is 89.7 Å². The number of hydrogen-bond acceptors (Lipinski definition) is 4. The molecule has 1 N–H and O–H groups in total. The van der Waals surface area contributed by atoms with Gasteiger partial charge in [-0.05, 0) is 42.3 Å². The minimum absolute atomic E-state index is 0.0744. The number of aromatic nitrogens is 2. The number of imidazole rings is 1. The summed E-state index contributed by atoms with van der Waals surface area (Å²) < 4.78 is 13.3. The van der Waals surface area contributed by atoms with Gasteiger partial charge in [0.15, 0.2) is 11.5 Å². The van der Waals surface area contributed by atoms with Crippen molar-refractivity contribution in [2.45, 2.75) is 26.6 Å². The predicted octanol–water partition coefficient (Wildman–Crippen LogP) is 4.25. The van der Waals surface area contributed by atoms with Crippen LogP contribution in [0.4, 0.5) is 0 Å². The van der Waals surface area contributed by atoms with E-state index in [1.54, 1.807) is 7.11 Å². The van der Waals surface area contributed by atoms with Crippen molar-refractivity contribution >= 4 is 16.9 Å². The molecule has 6 nitrogen and oxygen atoms in total. The van der Waals surface area contributed by atoms with E-state index in [0.717, 1.165) is 28.0 Å². The van der Waals surface area contributed by atoms with Gasteiger partial charge in [-0.25, -0.2) is 4.98 Å². The van der Waals surface area contributed by atoms with Crippen molar-refractivity contribution < 1.29 is 14.3 Å². The first-order chi connectivity index (χ1) is 15.1. The van der Waals surface area contributed by atoms with Crippen LogP contribution in [0.25, 0.3) is 11.0 Å². The Morgan fingerprint density at radius 3 is 2.55 bits per heavy atom. The molecule has 1 amide bonds. The normalized spacial score (nSPS) is 10.8. The lowest BCUT2D eigenvalue weighted by Crippen LogP contribution is -2.27. The summed E-state index contributed by atoms with van der Waals surface area (Å²) in [6.45, 7) is 3.00. The molecule has 0 aliphatic heterocycles. The van der Waals surface area contributed by atoms with Gasteiger partial charge in [-0.1, -0.05) is 48.5 Å². The molecule has 31 heavy (non-hydrogen) atoms. The van der Waals surface area contributed by atoms with Gasteiger partial charge in [0.25, 0.3) is 0 Å². The summed E-state index contributed by atoms with van der Waals surface area (Å²) in [4.78, 5) is 17.1. The molecule has 4 aromatic rings. The van der Waals surface area contributed by atoms with Crippen molar-refractivity contribution in [2.24, 2.45) is 0 Å². The minimum Gasteiger partial charge on any atom is -0.493 e. The quantitative estimate of drug-likeness (QED) is 0.467. The fraction of sp³-hybridized carbons (Fsp3) is 0.200. The number of nitrogens with one attached hydrogen (secondary N) is 1. The first-order valence-corrected chi connectivity index (χ1v) is 10.2. The number of carbonyl (C=O) groups is 1. The highest BCUT2D eigenvalue weighted by molar-refractivity contribution is 5.81. The number of para-hydroxylation sites is 2. The maximum Gasteiger partial charge on any atom is 0.240 e. The van der Waals surface area contributed by atoms with Gasteiger partial charge in [0.1, 0.15) is 19.0 Å². The largest absolute Gasteiger partial charge is 0.493 e. The molecule has 0 fully saturated rings. The van der Waals surface area contributed by atoms with Crippen molar-refractivity contribution in [3.8, 4) is 11.5 Å². The Kier molecular flexibility index (Phi) is 6.17. The zero-order valence-corrected chi connectivity index (χ0v) is 17.7. The fourth-order valence-electron chi connectivity index (χ4n) is 3.47. The van der Waals surface area contributed by atoms with Crippen LogP contribution in [-0.4, -0.2) is 22.6 Å². The smallest absolute Gasteiger partial charge is 0.240 e. The molecule has 0 aliphatic carbocycles. The second kappa shape index (κ2) is 9.34. The lowest BCUT2D eigenvalue weighted by molar-refractivity contribution is -0.121. The molecule has 0 saturated carbocycles. The molecule has 0 atom stereocenters. The highest BCUT2D eigenvalue weighted by atomic mass is 16.5. The van der Waals surface area contributed by atoms with Crippen LogP contribution in [0.5, 0.6) is 11.5 Å². The maximum absolute atomic E-state index is 12.5. The molecule has 0 aliphatic rings. The zero-order valence-electron chi connectivity index (χ0n) is 17.7. The average Bonchev–Trinajstić information content (AvgIpc) is 3.12. The number of benzene rings is 3. The number of nitrogens with zero attached hydrogens (tertiary/aromatic N) is 2. The fourth-order valence-corrected chi connectivity index (χ4v) is 3.47. The highest BCUT2D eigenvalue weighted by Gasteiger charge is 2.11. The van der Waals surface area contributed by atoms with Gasteiger partial charge in [0.05, 0.1) is 18.1 Å². The second-order valence-corrected chi connectivity index (χ2v) is 7.27. The first-order valence-electron chi connectivity index (χ1n) is 10.2. The lowest BCUT2D eigenvalue weighted by atomic mass is 10.2. The summed E-state index contributed by atoms with van der Waals surface area (Å²) in [7, 11) is 1.61. The van der Waals surface area contributed by atoms with Gasteiger partial charge in [0, 0.05) is 6.54 Å². The molecule has 4 rings (SSSR count). The third kappa shape index (κ3) is 4.86. The Morgan fingerprint density at radius 2 is 1.74 bits per heavy atom. The Hall–Kier alpha value is -3.80. The predicted molar refractivity (Wildman–Crippen MR) is 120 cm³/mol. The van der Waals surface area contributed by atoms with E-state index >= 15 is 0 Å². The molecule has 6 heteroatoms. The van der Waals surface area contributed by atoms with Gasteiger partial charge in [-0.3, -0.25) is 4.79 Å². The number of carbonyl (C=O) groups excluding carboxylic acids is 1. The number of ether oxygens (including phenoxy) is 2. The Morgan fingerprint density at radius 1 is 0.968 bits per heavy atom. The molecule has 1 heterocycles. The standard InChI is InChI=1S/C25H25N3O3/c1-18-27-21-10-6-7-11-22(21)28(18)16-25(29)26-15-20-12-13-23(24(14-20)30-2)31-17-19-8-4-3-5-9-19/h3-14H,15-17H2,1-2H3,(H,26,29). The van der Waals surface area contributed by atoms with Gasteiger partial charge in [-0.15, -0.1) is 0 Å². The summed E-state index contributed by atoms with van der Waals surface area (Å²) in [5.41, 5.74) is 3.87. The zero-order chi connectivity index (χ0) is 21.6. The topological polar surface area (TPSA) is 65.4 Å². The highest BCUT2D eigenvalue weighted by Crippen LogP contribution is 2.29. The van der Waals surface area contributed by atoms with Crippen molar-refractivity contribution in [2.75, 3.05) is 7.11 Å². The van der Waals surface area contributed by atoms with E-state index in [4.69, 9.17) is 9.47 Å². The third-order valence-electron chi connectivity index (χ3n) is 5.10. The van der Waals surface area contributed by atoms with E-state index in [0.29, 0.717) is 24.7 Å². The monoisotopic (exact) mass is 415 g/mol. The summed E-state index contributed by atoms with van der Waals surface area (Å²) in [5.74, 6) is 2.05. The number of rotatable bonds is 8. The van der Waals surface area contributed by atoms with E-state index in [2.05, 4.69) is 10.3 Å². The molecule has 0 saturated heterocycles. The molecule has 1 aromatic heterocycles. The summed E-state index contributed by atoms with van der Waals surface area (Å²) >= 11 is 0. The molecular weight excluding hydrogens is 390 g/mol. The van der Waals surface area contributed by atoms with Crippen molar-refractivity contribution in [3.63, 3.8) is 0 Å². The van der Waals surface area contributed by atoms with Crippen LogP contribution >= 0.6 is 0 Å². The summed E-state index contributed by atoms with van der Waals surface area (Å²) in [6, 6.07) is 23.5. The minimum atomic E-state index is -0.0744. The van der Waals surface area contributed by atoms with Crippen LogP contribution in [0, 0.1) is 6.92 Å². The van der Waals surface area contributed by atoms with Crippen LogP contribution in [0.15, 0.2) is 72.8 Å². The molecular formula is C25H25N3O3.